The van der Waals surface area contributed by atoms with Gasteiger partial charge in [0, 0.05) is 30.1 Å². The van der Waals surface area contributed by atoms with Crippen molar-refractivity contribution < 1.29 is 29.4 Å². The Morgan fingerprint density at radius 2 is 1.67 bits per heavy atom. The molecule has 4 atom stereocenters. The van der Waals surface area contributed by atoms with E-state index in [-0.39, 0.29) is 31.3 Å². The van der Waals surface area contributed by atoms with E-state index in [4.69, 9.17) is 22.3 Å². The van der Waals surface area contributed by atoms with Gasteiger partial charge in [0.1, 0.15) is 24.2 Å². The number of aromatic amines is 1. The molecule has 1 heterocycles. The number of hydrogen-bond acceptors (Lipinski definition) is 7. The first-order valence-corrected chi connectivity index (χ1v) is 12.5. The van der Waals surface area contributed by atoms with Crippen molar-refractivity contribution in [1.82, 2.24) is 20.9 Å². The summed E-state index contributed by atoms with van der Waals surface area (Å²) in [5.74, 6) is -3.88. The maximum atomic E-state index is 13.4. The highest BCUT2D eigenvalue weighted by Crippen LogP contribution is 2.19. The minimum absolute atomic E-state index is 0.0385. The van der Waals surface area contributed by atoms with Crippen molar-refractivity contribution in [2.75, 3.05) is 13.2 Å². The van der Waals surface area contributed by atoms with Crippen molar-refractivity contribution in [1.29, 1.82) is 0 Å². The van der Waals surface area contributed by atoms with Crippen LogP contribution in [0.3, 0.4) is 0 Å². The number of carboxylic acids is 1. The number of amides is 3. The average molecular weight is 547 g/mol. The monoisotopic (exact) mass is 546 g/mol. The number of benzene rings is 1. The third-order valence-corrected chi connectivity index (χ3v) is 6.07. The van der Waals surface area contributed by atoms with Crippen LogP contribution in [0.5, 0.6) is 0 Å². The molecule has 1 aromatic heterocycles. The smallest absolute Gasteiger partial charge is 0.326 e. The number of H-pyrrole nitrogens is 1. The summed E-state index contributed by atoms with van der Waals surface area (Å²) in [4.78, 5) is 57.6. The van der Waals surface area contributed by atoms with Crippen LogP contribution in [0.4, 0.5) is 0 Å². The molecule has 1 aromatic carbocycles. The molecule has 0 aliphatic heterocycles. The highest BCUT2D eigenvalue weighted by atomic mass is 16.4. The predicted molar refractivity (Wildman–Crippen MR) is 145 cm³/mol. The molecule has 3 amide bonds. The van der Waals surface area contributed by atoms with E-state index in [0.29, 0.717) is 6.42 Å². The molecule has 0 radical (unpaired) electrons. The van der Waals surface area contributed by atoms with Crippen LogP contribution in [-0.4, -0.2) is 82.2 Å². The number of para-hydroxylation sites is 1. The standard InChI is InChI=1S/C25H38N8O6/c1-13(2)20(33-21(35)16(26)12-34)23(37)32-19(10-14-11-30-17-7-4-3-6-15(14)17)22(36)31-18(24(38)39)8-5-9-29-25(27)28/h3-4,6-7,11,13,16,18-20,30,34H,5,8-10,12,26H2,1-2H3,(H,31,36)(H,32,37)(H,33,35)(H,38,39)(H4,27,28,29). The van der Waals surface area contributed by atoms with Crippen molar-refractivity contribution >= 4 is 40.6 Å². The van der Waals surface area contributed by atoms with Gasteiger partial charge in [-0.05, 0) is 30.4 Å². The molecule has 14 heteroatoms. The molecule has 0 bridgehead atoms. The summed E-state index contributed by atoms with van der Waals surface area (Å²) in [6.07, 6.45) is 2.09. The van der Waals surface area contributed by atoms with E-state index >= 15 is 0 Å². The lowest BCUT2D eigenvalue weighted by Gasteiger charge is -2.27. The lowest BCUT2D eigenvalue weighted by Crippen LogP contribution is -2.59. The number of aliphatic carboxylic acids is 1. The Bertz CT molecular complexity index is 1180. The van der Waals surface area contributed by atoms with Crippen LogP contribution >= 0.6 is 0 Å². The fourth-order valence-electron chi connectivity index (χ4n) is 3.90. The van der Waals surface area contributed by atoms with Gasteiger partial charge in [-0.1, -0.05) is 32.0 Å². The number of carbonyl (C=O) groups excluding carboxylic acids is 3. The second kappa shape index (κ2) is 14.7. The van der Waals surface area contributed by atoms with E-state index < -0.39 is 54.5 Å². The Balaban J connectivity index is 2.28. The summed E-state index contributed by atoms with van der Waals surface area (Å²) in [5, 5.41) is 27.3. The zero-order chi connectivity index (χ0) is 29.1. The van der Waals surface area contributed by atoms with Crippen molar-refractivity contribution in [3.05, 3.63) is 36.0 Å². The number of aliphatic hydroxyl groups excluding tert-OH is 1. The number of fused-ring (bicyclic) bond motifs is 1. The van der Waals surface area contributed by atoms with Crippen LogP contribution in [0.25, 0.3) is 10.9 Å². The van der Waals surface area contributed by atoms with Gasteiger partial charge in [-0.15, -0.1) is 0 Å². The number of aliphatic imine (C=N–C) groups is 1. The van der Waals surface area contributed by atoms with Gasteiger partial charge in [0.2, 0.25) is 17.7 Å². The van der Waals surface area contributed by atoms with Crippen molar-refractivity contribution in [2.45, 2.75) is 57.3 Å². The molecule has 12 N–H and O–H groups in total. The van der Waals surface area contributed by atoms with E-state index in [1.807, 2.05) is 24.3 Å². The molecular weight excluding hydrogens is 508 g/mol. The Labute approximate surface area is 225 Å². The summed E-state index contributed by atoms with van der Waals surface area (Å²) in [5.41, 5.74) is 17.7. The molecule has 214 valence electrons. The zero-order valence-corrected chi connectivity index (χ0v) is 22.0. The van der Waals surface area contributed by atoms with Crippen LogP contribution in [0.2, 0.25) is 0 Å². The van der Waals surface area contributed by atoms with Crippen LogP contribution in [0.15, 0.2) is 35.5 Å². The molecule has 0 aliphatic carbocycles. The van der Waals surface area contributed by atoms with Crippen molar-refractivity contribution in [3.8, 4) is 0 Å². The van der Waals surface area contributed by atoms with E-state index in [9.17, 15) is 24.3 Å². The van der Waals surface area contributed by atoms with Gasteiger partial charge in [0.15, 0.2) is 5.96 Å². The summed E-state index contributed by atoms with van der Waals surface area (Å²) >= 11 is 0. The molecule has 2 rings (SSSR count). The number of carbonyl (C=O) groups is 4. The average Bonchev–Trinajstić information content (AvgIpc) is 3.29. The molecule has 2 aromatic rings. The van der Waals surface area contributed by atoms with E-state index in [0.717, 1.165) is 16.5 Å². The Morgan fingerprint density at radius 1 is 1.00 bits per heavy atom. The third-order valence-electron chi connectivity index (χ3n) is 6.07. The summed E-state index contributed by atoms with van der Waals surface area (Å²) in [6, 6.07) is 2.68. The summed E-state index contributed by atoms with van der Waals surface area (Å²) in [7, 11) is 0. The normalized spacial score (nSPS) is 14.2. The number of hydrogen-bond donors (Lipinski definition) is 9. The van der Waals surface area contributed by atoms with Crippen LogP contribution in [0, 0.1) is 5.92 Å². The molecule has 0 aliphatic rings. The SMILES string of the molecule is CC(C)C(NC(=O)C(N)CO)C(=O)NC(Cc1c[nH]c2ccccc12)C(=O)NC(CCCN=C(N)N)C(=O)O. The van der Waals surface area contributed by atoms with Gasteiger partial charge in [0.05, 0.1) is 6.61 Å². The second-order valence-electron chi connectivity index (χ2n) is 9.49. The molecule has 0 spiro atoms. The van der Waals surface area contributed by atoms with Crippen molar-refractivity contribution in [3.63, 3.8) is 0 Å². The Morgan fingerprint density at radius 3 is 2.28 bits per heavy atom. The molecular formula is C25H38N8O6. The van der Waals surface area contributed by atoms with E-state index in [1.54, 1.807) is 20.0 Å². The fraction of sp³-hybridized carbons (Fsp3) is 0.480. The van der Waals surface area contributed by atoms with Gasteiger partial charge < -0.3 is 48.3 Å². The molecule has 0 saturated carbocycles. The van der Waals surface area contributed by atoms with E-state index in [1.165, 1.54) is 0 Å². The van der Waals surface area contributed by atoms with Gasteiger partial charge >= 0.3 is 5.97 Å². The number of nitrogens with two attached hydrogens (primary N) is 3. The maximum absolute atomic E-state index is 13.4. The molecule has 39 heavy (non-hydrogen) atoms. The highest BCUT2D eigenvalue weighted by molar-refractivity contribution is 5.95. The lowest BCUT2D eigenvalue weighted by molar-refractivity contribution is -0.142. The Kier molecular flexibility index (Phi) is 11.7. The van der Waals surface area contributed by atoms with Crippen LogP contribution in [-0.2, 0) is 25.6 Å². The largest absolute Gasteiger partial charge is 0.480 e. The fourth-order valence-corrected chi connectivity index (χ4v) is 3.90. The molecule has 0 fully saturated rings. The topological polar surface area (TPSA) is 251 Å². The molecule has 14 nitrogen and oxygen atoms in total. The summed E-state index contributed by atoms with van der Waals surface area (Å²) in [6.45, 7) is 2.97. The number of rotatable bonds is 15. The number of carboxylic acid groups (broad SMARTS) is 1. The number of aromatic nitrogens is 1. The highest BCUT2D eigenvalue weighted by Gasteiger charge is 2.32. The minimum atomic E-state index is -1.25. The first kappa shape index (κ1) is 31.1. The summed E-state index contributed by atoms with van der Waals surface area (Å²) < 4.78 is 0. The molecule has 0 saturated heterocycles. The quantitative estimate of drug-likeness (QED) is 0.0698. The van der Waals surface area contributed by atoms with Crippen LogP contribution < -0.4 is 33.2 Å². The lowest BCUT2D eigenvalue weighted by atomic mass is 10.00. The number of guanidine groups is 1. The molecule has 4 unspecified atom stereocenters. The zero-order valence-electron chi connectivity index (χ0n) is 22.0. The van der Waals surface area contributed by atoms with Crippen molar-refractivity contribution in [2.24, 2.45) is 28.1 Å². The predicted octanol–water partition coefficient (Wildman–Crippen LogP) is -1.72. The Hall–Kier alpha value is -4.17. The third kappa shape index (κ3) is 9.26. The van der Waals surface area contributed by atoms with Crippen LogP contribution in [0.1, 0.15) is 32.3 Å². The van der Waals surface area contributed by atoms with Gasteiger partial charge in [-0.2, -0.15) is 0 Å². The number of nitrogens with one attached hydrogen (secondary N) is 4. The van der Waals surface area contributed by atoms with Gasteiger partial charge in [-0.3, -0.25) is 19.4 Å². The first-order chi connectivity index (χ1) is 18.4. The van der Waals surface area contributed by atoms with Gasteiger partial charge in [-0.25, -0.2) is 4.79 Å². The van der Waals surface area contributed by atoms with E-state index in [2.05, 4.69) is 25.9 Å². The maximum Gasteiger partial charge on any atom is 0.326 e. The minimum Gasteiger partial charge on any atom is -0.480 e. The number of nitrogens with zero attached hydrogens (tertiary/aromatic N) is 1. The van der Waals surface area contributed by atoms with Gasteiger partial charge in [0.25, 0.3) is 0 Å². The number of aliphatic hydroxyl groups is 1. The second-order valence-corrected chi connectivity index (χ2v) is 9.49. The first-order valence-electron chi connectivity index (χ1n) is 12.5.